The molecule has 2 aromatic rings. The number of hydrogen-bond acceptors (Lipinski definition) is 16. The Hall–Kier alpha value is -3.80. The topological polar surface area (TPSA) is 349 Å². The van der Waals surface area contributed by atoms with Crippen LogP contribution in [-0.4, -0.2) is 114 Å². The van der Waals surface area contributed by atoms with Gasteiger partial charge in [-0.3, -0.25) is 29.4 Å². The van der Waals surface area contributed by atoms with Gasteiger partial charge in [0.25, 0.3) is 0 Å². The zero-order valence-electron chi connectivity index (χ0n) is 18.3. The van der Waals surface area contributed by atoms with Crippen LogP contribution in [0.5, 0.6) is 0 Å². The Morgan fingerprint density at radius 1 is 0.657 bits per heavy atom. The summed E-state index contributed by atoms with van der Waals surface area (Å²) in [7, 11) is 0. The summed E-state index contributed by atoms with van der Waals surface area (Å²) in [4.78, 5) is 48.8. The zero-order chi connectivity index (χ0) is 26.3. The van der Waals surface area contributed by atoms with Crippen molar-refractivity contribution in [2.75, 3.05) is 62.2 Å². The largest absolute Gasteiger partial charge is 2.00 e. The number of rotatable bonds is 11. The van der Waals surface area contributed by atoms with Crippen LogP contribution in [0.25, 0.3) is 0 Å². The molecule has 0 atom stereocenters. The number of hydrogen-bond donors (Lipinski definition) is 8. The van der Waals surface area contributed by atoms with Crippen molar-refractivity contribution in [3.8, 4) is 0 Å². The second-order valence-corrected chi connectivity index (χ2v) is 6.14. The Morgan fingerprint density at radius 2 is 0.914 bits per heavy atom. The third-order valence-electron chi connectivity index (χ3n) is 3.20. The Morgan fingerprint density at radius 3 is 1.06 bits per heavy atom. The van der Waals surface area contributed by atoms with Gasteiger partial charge in [-0.2, -0.15) is 0 Å². The second-order valence-electron chi connectivity index (χ2n) is 6.14. The molecule has 21 heteroatoms. The first kappa shape index (κ1) is 33.4. The maximum absolute atomic E-state index is 10.5. The van der Waals surface area contributed by atoms with Gasteiger partial charge in [0, 0.05) is 26.2 Å². The number of aromatic nitrogens is 6. The minimum absolute atomic E-state index is 0. The fraction of sp³-hybridized carbons (Fsp3) is 0.429. The molecule has 35 heavy (non-hydrogen) atoms. The van der Waals surface area contributed by atoms with Crippen molar-refractivity contribution in [2.24, 2.45) is 0 Å². The van der Waals surface area contributed by atoms with E-state index >= 15 is 0 Å². The average molecular weight is 601 g/mol. The first-order valence-electron chi connectivity index (χ1n) is 8.93. The third kappa shape index (κ3) is 19.4. The van der Waals surface area contributed by atoms with Gasteiger partial charge in [-0.1, -0.05) is 0 Å². The number of nitrogens with two attached hydrogens (primary N) is 4. The van der Waals surface area contributed by atoms with E-state index in [1.807, 2.05) is 0 Å². The molecule has 0 fully saturated rings. The minimum Gasteiger partial charge on any atom is -0.549 e. The van der Waals surface area contributed by atoms with Crippen LogP contribution in [0.15, 0.2) is 0 Å². The quantitative estimate of drug-likeness (QED) is 0.111. The van der Waals surface area contributed by atoms with E-state index in [2.05, 4.69) is 30.4 Å². The number of nitrogens with zero attached hydrogens (tertiary/aromatic N) is 6. The van der Waals surface area contributed by atoms with Gasteiger partial charge in [0.05, 0.1) is 25.0 Å². The SMILES string of the molecule is Nc1nnc(N)[nH]1.Nc1nnc(N)[nH]1.O=C([O-])CN(CCN(CC(=O)[O-])CC(=O)O)CC(=O)O.[Cd+2]. The molecule has 0 saturated carbocycles. The molecule has 190 valence electrons. The van der Waals surface area contributed by atoms with Crippen molar-refractivity contribution in [3.05, 3.63) is 0 Å². The van der Waals surface area contributed by atoms with Crippen LogP contribution in [0, 0.1) is 0 Å². The van der Waals surface area contributed by atoms with Gasteiger partial charge >= 0.3 is 39.2 Å². The van der Waals surface area contributed by atoms with Gasteiger partial charge in [0.15, 0.2) is 0 Å². The van der Waals surface area contributed by atoms with E-state index in [1.165, 1.54) is 0 Å². The molecule has 0 saturated heterocycles. The Kier molecular flexibility index (Phi) is 16.8. The number of nitrogens with one attached hydrogen (secondary N) is 2. The summed E-state index contributed by atoms with van der Waals surface area (Å²) >= 11 is 0. The molecule has 0 aliphatic carbocycles. The summed E-state index contributed by atoms with van der Waals surface area (Å²) in [6.45, 7) is -2.75. The van der Waals surface area contributed by atoms with Crippen molar-refractivity contribution >= 4 is 47.7 Å². The van der Waals surface area contributed by atoms with E-state index in [-0.39, 0.29) is 64.2 Å². The van der Waals surface area contributed by atoms with Crippen LogP contribution in [0.3, 0.4) is 0 Å². The van der Waals surface area contributed by atoms with Crippen LogP contribution in [0.1, 0.15) is 0 Å². The third-order valence-corrected chi connectivity index (χ3v) is 3.20. The molecule has 0 aliphatic rings. The first-order chi connectivity index (χ1) is 15.8. The Labute approximate surface area is 216 Å². The van der Waals surface area contributed by atoms with Crippen LogP contribution in [0.2, 0.25) is 0 Å². The van der Waals surface area contributed by atoms with E-state index in [1.54, 1.807) is 0 Å². The first-order valence-corrected chi connectivity index (χ1v) is 8.93. The number of carbonyl (C=O) groups excluding carboxylic acids is 2. The number of anilines is 4. The molecular weight excluding hydrogens is 577 g/mol. The molecule has 0 aromatic carbocycles. The smallest absolute Gasteiger partial charge is 0.549 e. The maximum Gasteiger partial charge on any atom is 2.00 e. The van der Waals surface area contributed by atoms with E-state index in [9.17, 15) is 29.4 Å². The predicted octanol–water partition coefficient (Wildman–Crippen LogP) is -6.80. The van der Waals surface area contributed by atoms with Crippen molar-refractivity contribution in [3.63, 3.8) is 0 Å². The molecule has 20 nitrogen and oxygen atoms in total. The summed E-state index contributed by atoms with van der Waals surface area (Å²) in [6, 6.07) is 0. The maximum atomic E-state index is 10.5. The standard InChI is InChI=1S/C10H16N2O8.2C2H5N5.Cd/c13-7(14)3-11(4-8(15)16)1-2-12(5-9(17)18)6-10(19)20;2*3-1-5-2(4)7-6-1;/h1-6H2,(H,13,14)(H,15,16)(H,17,18)(H,19,20);2*(H5,3,4,5,6,7);/q;;;+2/p-2. The van der Waals surface area contributed by atoms with E-state index in [4.69, 9.17) is 33.1 Å². The number of aromatic amines is 2. The van der Waals surface area contributed by atoms with Gasteiger partial charge in [-0.05, 0) is 0 Å². The predicted molar refractivity (Wildman–Crippen MR) is 109 cm³/mol. The number of carbonyl (C=O) groups is 4. The summed E-state index contributed by atoms with van der Waals surface area (Å²) < 4.78 is 0. The zero-order valence-corrected chi connectivity index (χ0v) is 22.3. The van der Waals surface area contributed by atoms with Crippen LogP contribution in [0.4, 0.5) is 23.8 Å². The van der Waals surface area contributed by atoms with Crippen molar-refractivity contribution in [2.45, 2.75) is 0 Å². The normalized spacial score (nSPS) is 9.77. The average Bonchev–Trinajstić information content (AvgIpc) is 3.24. The number of carboxylic acid groups (broad SMARTS) is 4. The molecule has 0 radical (unpaired) electrons. The van der Waals surface area contributed by atoms with Gasteiger partial charge in [-0.25, -0.2) is 0 Å². The van der Waals surface area contributed by atoms with Crippen LogP contribution in [-0.2, 0) is 46.5 Å². The Bertz CT molecular complexity index is 799. The fourth-order valence-electron chi connectivity index (χ4n) is 2.04. The van der Waals surface area contributed by atoms with E-state index in [0.29, 0.717) is 0 Å². The van der Waals surface area contributed by atoms with Crippen molar-refractivity contribution in [1.29, 1.82) is 0 Å². The molecule has 0 spiro atoms. The minimum atomic E-state index is -1.49. The van der Waals surface area contributed by atoms with Crippen molar-refractivity contribution in [1.82, 2.24) is 40.2 Å². The molecule has 0 bridgehead atoms. The number of carboxylic acids is 4. The molecule has 2 aromatic heterocycles. The van der Waals surface area contributed by atoms with Crippen molar-refractivity contribution < 1.29 is 66.9 Å². The molecular formula is C14H24CdN12O8. The summed E-state index contributed by atoms with van der Waals surface area (Å²) in [5.74, 6) is -4.52. The van der Waals surface area contributed by atoms with Gasteiger partial charge in [0.2, 0.25) is 23.8 Å². The van der Waals surface area contributed by atoms with Gasteiger partial charge in [-0.15, -0.1) is 20.4 Å². The van der Waals surface area contributed by atoms with Crippen LogP contribution >= 0.6 is 0 Å². The second kappa shape index (κ2) is 17.6. The molecule has 0 aliphatic heterocycles. The monoisotopic (exact) mass is 602 g/mol. The molecule has 2 rings (SSSR count). The summed E-state index contributed by atoms with van der Waals surface area (Å²) in [5, 5.41) is 51.5. The fourth-order valence-corrected chi connectivity index (χ4v) is 2.04. The van der Waals surface area contributed by atoms with Gasteiger partial charge < -0.3 is 52.9 Å². The number of nitrogen functional groups attached to an aromatic ring is 4. The molecule has 2 heterocycles. The van der Waals surface area contributed by atoms with E-state index in [0.717, 1.165) is 9.80 Å². The summed E-state index contributed by atoms with van der Waals surface area (Å²) in [6.07, 6.45) is 0. The van der Waals surface area contributed by atoms with Crippen LogP contribution < -0.4 is 33.1 Å². The molecule has 0 unspecified atom stereocenters. The molecule has 0 amide bonds. The van der Waals surface area contributed by atoms with E-state index < -0.39 is 50.1 Å². The Balaban J connectivity index is 0. The van der Waals surface area contributed by atoms with Gasteiger partial charge in [0.1, 0.15) is 0 Å². The molecule has 12 N–H and O–H groups in total. The summed E-state index contributed by atoms with van der Waals surface area (Å²) in [5.41, 5.74) is 20.3. The number of aliphatic carboxylic acids is 4. The number of H-pyrrole nitrogens is 2.